The Hall–Kier alpha value is -1.95. The van der Waals surface area contributed by atoms with Gasteiger partial charge in [0.05, 0.1) is 0 Å². The number of para-hydroxylation sites is 1. The number of carbonyl (C=O) groups is 1. The summed E-state index contributed by atoms with van der Waals surface area (Å²) in [5.74, 6) is -0.0673. The van der Waals surface area contributed by atoms with Crippen molar-refractivity contribution >= 4 is 28.1 Å². The maximum atomic E-state index is 12.1. The molecule has 0 fully saturated rings. The van der Waals surface area contributed by atoms with Crippen LogP contribution in [0.2, 0.25) is 0 Å². The molecule has 2 heterocycles. The van der Waals surface area contributed by atoms with Gasteiger partial charge in [0.25, 0.3) is 0 Å². The minimum Gasteiger partial charge on any atom is -0.373 e. The Bertz CT molecular complexity index is 570. The van der Waals surface area contributed by atoms with E-state index in [1.807, 2.05) is 31.2 Å². The Balaban J connectivity index is 1.69. The summed E-state index contributed by atoms with van der Waals surface area (Å²) in [6.45, 7) is 1.86. The van der Waals surface area contributed by atoms with E-state index in [4.69, 9.17) is 0 Å². The van der Waals surface area contributed by atoms with E-state index in [1.54, 1.807) is 0 Å². The molecule has 1 amide bonds. The minimum absolute atomic E-state index is 0.0673. The Kier molecular flexibility index (Phi) is 2.71. The van der Waals surface area contributed by atoms with E-state index in [1.165, 1.54) is 16.9 Å². The maximum Gasteiger partial charge on any atom is 0.249 e. The molecule has 6 heteroatoms. The predicted molar refractivity (Wildman–Crippen MR) is 70.8 cm³/mol. The van der Waals surface area contributed by atoms with Crippen LogP contribution in [0, 0.1) is 6.92 Å². The van der Waals surface area contributed by atoms with E-state index in [-0.39, 0.29) is 11.9 Å². The first-order valence-electron chi connectivity index (χ1n) is 5.68. The summed E-state index contributed by atoms with van der Waals surface area (Å²) < 4.78 is 0. The van der Waals surface area contributed by atoms with Gasteiger partial charge in [-0.15, -0.1) is 10.2 Å². The third-order valence-corrected chi connectivity index (χ3v) is 3.60. The highest BCUT2D eigenvalue weighted by Crippen LogP contribution is 2.26. The second-order valence-electron chi connectivity index (χ2n) is 4.17. The summed E-state index contributed by atoms with van der Waals surface area (Å²) in [5, 5.41) is 15.1. The SMILES string of the molecule is Cc1nnc(NC(=O)C2Cc3ccccc3N2)s1. The number of amides is 1. The van der Waals surface area contributed by atoms with E-state index in [0.29, 0.717) is 11.6 Å². The number of rotatable bonds is 2. The number of aromatic nitrogens is 2. The molecule has 0 spiro atoms. The lowest BCUT2D eigenvalue weighted by Crippen LogP contribution is -2.32. The summed E-state index contributed by atoms with van der Waals surface area (Å²) in [6.07, 6.45) is 0.708. The molecule has 1 aliphatic heterocycles. The van der Waals surface area contributed by atoms with Gasteiger partial charge in [0, 0.05) is 12.1 Å². The first kappa shape index (κ1) is 11.2. The van der Waals surface area contributed by atoms with Crippen molar-refractivity contribution < 1.29 is 4.79 Å². The maximum absolute atomic E-state index is 12.1. The predicted octanol–water partition coefficient (Wildman–Crippen LogP) is 1.82. The summed E-state index contributed by atoms with van der Waals surface area (Å²) in [5.41, 5.74) is 2.21. The van der Waals surface area contributed by atoms with Crippen molar-refractivity contribution in [3.8, 4) is 0 Å². The van der Waals surface area contributed by atoms with Crippen LogP contribution in [0.5, 0.6) is 0 Å². The van der Waals surface area contributed by atoms with Crippen molar-refractivity contribution in [1.29, 1.82) is 0 Å². The second kappa shape index (κ2) is 4.38. The number of benzene rings is 1. The molecular weight excluding hydrogens is 248 g/mol. The van der Waals surface area contributed by atoms with Crippen LogP contribution in [0.1, 0.15) is 10.6 Å². The summed E-state index contributed by atoms with van der Waals surface area (Å²) >= 11 is 1.38. The first-order chi connectivity index (χ1) is 8.72. The van der Waals surface area contributed by atoms with Crippen LogP contribution in [0.3, 0.4) is 0 Å². The van der Waals surface area contributed by atoms with E-state index in [9.17, 15) is 4.79 Å². The number of nitrogens with one attached hydrogen (secondary N) is 2. The molecule has 1 aliphatic rings. The largest absolute Gasteiger partial charge is 0.373 e. The highest BCUT2D eigenvalue weighted by molar-refractivity contribution is 7.15. The van der Waals surface area contributed by atoms with Gasteiger partial charge in [-0.1, -0.05) is 29.5 Å². The van der Waals surface area contributed by atoms with Gasteiger partial charge in [-0.2, -0.15) is 0 Å². The van der Waals surface area contributed by atoms with Crippen molar-refractivity contribution in [3.05, 3.63) is 34.8 Å². The fraction of sp³-hybridized carbons (Fsp3) is 0.250. The highest BCUT2D eigenvalue weighted by atomic mass is 32.1. The van der Waals surface area contributed by atoms with Gasteiger partial charge in [-0.05, 0) is 18.6 Å². The average molecular weight is 260 g/mol. The number of anilines is 2. The molecule has 2 N–H and O–H groups in total. The summed E-state index contributed by atoms with van der Waals surface area (Å²) in [6, 6.07) is 7.73. The zero-order chi connectivity index (χ0) is 12.5. The summed E-state index contributed by atoms with van der Waals surface area (Å²) in [7, 11) is 0. The lowest BCUT2D eigenvalue weighted by Gasteiger charge is -2.09. The number of hydrogen-bond donors (Lipinski definition) is 2. The zero-order valence-electron chi connectivity index (χ0n) is 9.80. The molecule has 5 nitrogen and oxygen atoms in total. The van der Waals surface area contributed by atoms with Crippen molar-refractivity contribution in [2.24, 2.45) is 0 Å². The van der Waals surface area contributed by atoms with Crippen LogP contribution in [0.15, 0.2) is 24.3 Å². The fourth-order valence-corrected chi connectivity index (χ4v) is 2.59. The average Bonchev–Trinajstić information content (AvgIpc) is 2.95. The van der Waals surface area contributed by atoms with Gasteiger partial charge >= 0.3 is 0 Å². The van der Waals surface area contributed by atoms with Gasteiger partial charge in [-0.25, -0.2) is 0 Å². The van der Waals surface area contributed by atoms with E-state index in [0.717, 1.165) is 10.7 Å². The molecule has 0 saturated heterocycles. The summed E-state index contributed by atoms with van der Waals surface area (Å²) in [4.78, 5) is 12.1. The Labute approximate surface area is 108 Å². The van der Waals surface area contributed by atoms with Crippen LogP contribution in [0.25, 0.3) is 0 Å². The Morgan fingerprint density at radius 1 is 1.44 bits per heavy atom. The molecule has 0 bridgehead atoms. The van der Waals surface area contributed by atoms with E-state index in [2.05, 4.69) is 20.8 Å². The zero-order valence-corrected chi connectivity index (χ0v) is 10.6. The normalized spacial score (nSPS) is 17.1. The third-order valence-electron chi connectivity index (χ3n) is 2.84. The first-order valence-corrected chi connectivity index (χ1v) is 6.49. The fourth-order valence-electron chi connectivity index (χ4n) is 2.00. The van der Waals surface area contributed by atoms with Crippen LogP contribution in [0.4, 0.5) is 10.8 Å². The molecule has 1 aromatic heterocycles. The monoisotopic (exact) mass is 260 g/mol. The van der Waals surface area contributed by atoms with Gasteiger partial charge in [0.2, 0.25) is 11.0 Å². The molecule has 2 aromatic rings. The number of carbonyl (C=O) groups excluding carboxylic acids is 1. The lowest BCUT2D eigenvalue weighted by atomic mass is 10.1. The van der Waals surface area contributed by atoms with Crippen molar-refractivity contribution in [2.75, 3.05) is 10.6 Å². The quantitative estimate of drug-likeness (QED) is 0.864. The van der Waals surface area contributed by atoms with Crippen LogP contribution >= 0.6 is 11.3 Å². The third kappa shape index (κ3) is 2.06. The molecule has 0 radical (unpaired) electrons. The van der Waals surface area contributed by atoms with E-state index >= 15 is 0 Å². The number of aryl methyl sites for hydroxylation is 1. The van der Waals surface area contributed by atoms with Crippen LogP contribution < -0.4 is 10.6 Å². The molecule has 3 rings (SSSR count). The van der Waals surface area contributed by atoms with Crippen molar-refractivity contribution in [1.82, 2.24) is 10.2 Å². The Morgan fingerprint density at radius 2 is 2.28 bits per heavy atom. The van der Waals surface area contributed by atoms with Gasteiger partial charge in [-0.3, -0.25) is 10.1 Å². The standard InChI is InChI=1S/C12H12N4OS/c1-7-15-16-12(18-7)14-11(17)10-6-8-4-2-3-5-9(8)13-10/h2-5,10,13H,6H2,1H3,(H,14,16,17). The van der Waals surface area contributed by atoms with Gasteiger partial charge < -0.3 is 5.32 Å². The van der Waals surface area contributed by atoms with Crippen molar-refractivity contribution in [2.45, 2.75) is 19.4 Å². The highest BCUT2D eigenvalue weighted by Gasteiger charge is 2.26. The topological polar surface area (TPSA) is 66.9 Å². The Morgan fingerprint density at radius 3 is 3.00 bits per heavy atom. The van der Waals surface area contributed by atoms with Gasteiger partial charge in [0.15, 0.2) is 0 Å². The second-order valence-corrected chi connectivity index (χ2v) is 5.36. The van der Waals surface area contributed by atoms with E-state index < -0.39 is 0 Å². The molecular formula is C12H12N4OS. The molecule has 18 heavy (non-hydrogen) atoms. The molecule has 1 aromatic carbocycles. The van der Waals surface area contributed by atoms with Gasteiger partial charge in [0.1, 0.15) is 11.0 Å². The molecule has 0 aliphatic carbocycles. The van der Waals surface area contributed by atoms with Crippen LogP contribution in [-0.2, 0) is 11.2 Å². The molecule has 1 atom stereocenters. The smallest absolute Gasteiger partial charge is 0.249 e. The minimum atomic E-state index is -0.230. The lowest BCUT2D eigenvalue weighted by molar-refractivity contribution is -0.116. The number of hydrogen-bond acceptors (Lipinski definition) is 5. The number of nitrogens with zero attached hydrogens (tertiary/aromatic N) is 2. The van der Waals surface area contributed by atoms with Crippen LogP contribution in [-0.4, -0.2) is 22.1 Å². The van der Waals surface area contributed by atoms with Crippen molar-refractivity contribution in [3.63, 3.8) is 0 Å². The molecule has 92 valence electrons. The number of fused-ring (bicyclic) bond motifs is 1. The molecule has 1 unspecified atom stereocenters. The molecule has 0 saturated carbocycles.